The standard InChI is InChI=1S/C18H21N3O2/c1-3-21(4-2)18(23)14-11-9-13(10-12-14)17(22)20-16-8-6-5-7-15(16)19/h5-12H,3-4,19H2,1-2H3,(H,20,22). The van der Waals surface area contributed by atoms with Crippen LogP contribution in [0.2, 0.25) is 0 Å². The SMILES string of the molecule is CCN(CC)C(=O)c1ccc(C(=O)Nc2ccccc2N)cc1. The quantitative estimate of drug-likeness (QED) is 0.833. The lowest BCUT2D eigenvalue weighted by Gasteiger charge is -2.18. The van der Waals surface area contributed by atoms with Crippen LogP contribution in [0.25, 0.3) is 0 Å². The summed E-state index contributed by atoms with van der Waals surface area (Å²) in [5, 5.41) is 2.76. The van der Waals surface area contributed by atoms with Gasteiger partial charge in [0.05, 0.1) is 11.4 Å². The molecule has 0 radical (unpaired) electrons. The van der Waals surface area contributed by atoms with Gasteiger partial charge < -0.3 is 16.0 Å². The van der Waals surface area contributed by atoms with Gasteiger partial charge in [-0.2, -0.15) is 0 Å². The van der Waals surface area contributed by atoms with Crippen LogP contribution in [0, 0.1) is 0 Å². The molecule has 0 unspecified atom stereocenters. The van der Waals surface area contributed by atoms with Crippen LogP contribution in [-0.2, 0) is 0 Å². The molecule has 2 rings (SSSR count). The van der Waals surface area contributed by atoms with Crippen molar-refractivity contribution in [3.63, 3.8) is 0 Å². The molecule has 5 nitrogen and oxygen atoms in total. The van der Waals surface area contributed by atoms with E-state index >= 15 is 0 Å². The molecule has 0 spiro atoms. The molecular formula is C18H21N3O2. The minimum Gasteiger partial charge on any atom is -0.397 e. The van der Waals surface area contributed by atoms with E-state index in [2.05, 4.69) is 5.32 Å². The summed E-state index contributed by atoms with van der Waals surface area (Å²) in [5.74, 6) is -0.293. The Kier molecular flexibility index (Phi) is 5.36. The zero-order valence-corrected chi connectivity index (χ0v) is 13.4. The van der Waals surface area contributed by atoms with Crippen LogP contribution >= 0.6 is 0 Å². The van der Waals surface area contributed by atoms with Crippen LogP contribution in [0.5, 0.6) is 0 Å². The molecule has 3 N–H and O–H groups in total. The van der Waals surface area contributed by atoms with E-state index in [9.17, 15) is 9.59 Å². The Morgan fingerprint density at radius 3 is 2.09 bits per heavy atom. The number of nitrogens with one attached hydrogen (secondary N) is 1. The van der Waals surface area contributed by atoms with Crippen molar-refractivity contribution in [3.05, 3.63) is 59.7 Å². The van der Waals surface area contributed by atoms with Crippen LogP contribution in [0.3, 0.4) is 0 Å². The maximum absolute atomic E-state index is 12.2. The summed E-state index contributed by atoms with van der Waals surface area (Å²) in [4.78, 5) is 26.2. The summed E-state index contributed by atoms with van der Waals surface area (Å²) in [7, 11) is 0. The van der Waals surface area contributed by atoms with E-state index in [0.29, 0.717) is 35.6 Å². The molecule has 0 aliphatic rings. The summed E-state index contributed by atoms with van der Waals surface area (Å²) in [6, 6.07) is 13.7. The van der Waals surface area contributed by atoms with Gasteiger partial charge in [-0.05, 0) is 50.2 Å². The summed E-state index contributed by atoms with van der Waals surface area (Å²) in [6.45, 7) is 5.19. The number of para-hydroxylation sites is 2. The molecule has 120 valence electrons. The minimum atomic E-state index is -0.260. The first-order chi connectivity index (χ1) is 11.1. The van der Waals surface area contributed by atoms with Gasteiger partial charge in [-0.25, -0.2) is 0 Å². The molecule has 0 aromatic heterocycles. The van der Waals surface area contributed by atoms with Crippen LogP contribution < -0.4 is 11.1 Å². The number of benzene rings is 2. The van der Waals surface area contributed by atoms with Crippen molar-refractivity contribution in [1.29, 1.82) is 0 Å². The lowest BCUT2D eigenvalue weighted by Crippen LogP contribution is -2.30. The average Bonchev–Trinajstić information content (AvgIpc) is 2.58. The van der Waals surface area contributed by atoms with Gasteiger partial charge in [0.15, 0.2) is 0 Å². The van der Waals surface area contributed by atoms with Crippen molar-refractivity contribution in [3.8, 4) is 0 Å². The molecule has 0 aliphatic heterocycles. The van der Waals surface area contributed by atoms with Gasteiger partial charge >= 0.3 is 0 Å². The van der Waals surface area contributed by atoms with E-state index in [4.69, 9.17) is 5.73 Å². The number of hydrogen-bond donors (Lipinski definition) is 2. The Balaban J connectivity index is 2.12. The predicted molar refractivity (Wildman–Crippen MR) is 92.5 cm³/mol. The van der Waals surface area contributed by atoms with Crippen molar-refractivity contribution < 1.29 is 9.59 Å². The van der Waals surface area contributed by atoms with Gasteiger partial charge in [-0.15, -0.1) is 0 Å². The highest BCUT2D eigenvalue weighted by molar-refractivity contribution is 6.06. The van der Waals surface area contributed by atoms with Crippen molar-refractivity contribution in [2.24, 2.45) is 0 Å². The second kappa shape index (κ2) is 7.45. The molecule has 2 aromatic rings. The molecule has 2 aromatic carbocycles. The Hall–Kier alpha value is -2.82. The van der Waals surface area contributed by atoms with Crippen LogP contribution in [0.15, 0.2) is 48.5 Å². The van der Waals surface area contributed by atoms with E-state index in [1.807, 2.05) is 13.8 Å². The first-order valence-corrected chi connectivity index (χ1v) is 7.62. The third kappa shape index (κ3) is 3.88. The molecule has 5 heteroatoms. The second-order valence-corrected chi connectivity index (χ2v) is 5.10. The maximum atomic E-state index is 12.2. The van der Waals surface area contributed by atoms with E-state index in [-0.39, 0.29) is 11.8 Å². The summed E-state index contributed by atoms with van der Waals surface area (Å²) in [5.41, 5.74) is 7.94. The van der Waals surface area contributed by atoms with Gasteiger partial charge in [0.2, 0.25) is 0 Å². The van der Waals surface area contributed by atoms with Crippen molar-refractivity contribution in [2.75, 3.05) is 24.1 Å². The first kappa shape index (κ1) is 16.5. The number of nitrogens with zero attached hydrogens (tertiary/aromatic N) is 1. The summed E-state index contributed by atoms with van der Waals surface area (Å²) >= 11 is 0. The van der Waals surface area contributed by atoms with Crippen molar-refractivity contribution in [1.82, 2.24) is 4.90 Å². The highest BCUT2D eigenvalue weighted by Gasteiger charge is 2.13. The predicted octanol–water partition coefficient (Wildman–Crippen LogP) is 3.00. The highest BCUT2D eigenvalue weighted by Crippen LogP contribution is 2.18. The third-order valence-electron chi connectivity index (χ3n) is 3.65. The highest BCUT2D eigenvalue weighted by atomic mass is 16.2. The largest absolute Gasteiger partial charge is 0.397 e. The second-order valence-electron chi connectivity index (χ2n) is 5.10. The monoisotopic (exact) mass is 311 g/mol. The van der Waals surface area contributed by atoms with E-state index in [1.165, 1.54) is 0 Å². The summed E-state index contributed by atoms with van der Waals surface area (Å²) < 4.78 is 0. The number of nitrogen functional groups attached to an aromatic ring is 1. The number of hydrogen-bond acceptors (Lipinski definition) is 3. The van der Waals surface area contributed by atoms with Crippen LogP contribution in [0.1, 0.15) is 34.6 Å². The number of anilines is 2. The maximum Gasteiger partial charge on any atom is 0.255 e. The normalized spacial score (nSPS) is 10.2. The number of carbonyl (C=O) groups excluding carboxylic acids is 2. The number of amides is 2. The topological polar surface area (TPSA) is 75.4 Å². The zero-order chi connectivity index (χ0) is 16.8. The first-order valence-electron chi connectivity index (χ1n) is 7.62. The third-order valence-corrected chi connectivity index (χ3v) is 3.65. The number of rotatable bonds is 5. The van der Waals surface area contributed by atoms with Gasteiger partial charge in [0.25, 0.3) is 11.8 Å². The van der Waals surface area contributed by atoms with Gasteiger partial charge in [0, 0.05) is 24.2 Å². The van der Waals surface area contributed by atoms with Crippen molar-refractivity contribution >= 4 is 23.2 Å². The van der Waals surface area contributed by atoms with Gasteiger partial charge in [-0.3, -0.25) is 9.59 Å². The smallest absolute Gasteiger partial charge is 0.255 e. The number of nitrogens with two attached hydrogens (primary N) is 1. The molecule has 0 saturated carbocycles. The van der Waals surface area contributed by atoms with Crippen LogP contribution in [-0.4, -0.2) is 29.8 Å². The molecule has 0 saturated heterocycles. The fourth-order valence-corrected chi connectivity index (χ4v) is 2.26. The molecule has 0 bridgehead atoms. The Morgan fingerprint density at radius 1 is 0.957 bits per heavy atom. The molecule has 0 heterocycles. The van der Waals surface area contributed by atoms with Crippen molar-refractivity contribution in [2.45, 2.75) is 13.8 Å². The van der Waals surface area contributed by atoms with E-state index < -0.39 is 0 Å². The number of carbonyl (C=O) groups is 2. The average molecular weight is 311 g/mol. The lowest BCUT2D eigenvalue weighted by atomic mass is 10.1. The van der Waals surface area contributed by atoms with Gasteiger partial charge in [0.1, 0.15) is 0 Å². The molecule has 0 fully saturated rings. The minimum absolute atomic E-state index is 0.0331. The molecule has 0 aliphatic carbocycles. The molecule has 2 amide bonds. The molecule has 23 heavy (non-hydrogen) atoms. The van der Waals surface area contributed by atoms with E-state index in [0.717, 1.165) is 0 Å². The fourth-order valence-electron chi connectivity index (χ4n) is 2.26. The Labute approximate surface area is 136 Å². The zero-order valence-electron chi connectivity index (χ0n) is 13.4. The van der Waals surface area contributed by atoms with E-state index in [1.54, 1.807) is 53.4 Å². The molecule has 0 atom stereocenters. The lowest BCUT2D eigenvalue weighted by molar-refractivity contribution is 0.0772. The van der Waals surface area contributed by atoms with Crippen LogP contribution in [0.4, 0.5) is 11.4 Å². The fraction of sp³-hybridized carbons (Fsp3) is 0.222. The van der Waals surface area contributed by atoms with Gasteiger partial charge in [-0.1, -0.05) is 12.1 Å². The Morgan fingerprint density at radius 2 is 1.52 bits per heavy atom. The molecular weight excluding hydrogens is 290 g/mol. The summed E-state index contributed by atoms with van der Waals surface area (Å²) in [6.07, 6.45) is 0. The Bertz CT molecular complexity index is 692.